The summed E-state index contributed by atoms with van der Waals surface area (Å²) in [6.07, 6.45) is 0.127. The van der Waals surface area contributed by atoms with Crippen molar-refractivity contribution < 1.29 is 14.3 Å². The Kier molecular flexibility index (Phi) is 4.65. The van der Waals surface area contributed by atoms with Crippen LogP contribution in [0.3, 0.4) is 0 Å². The topological polar surface area (TPSA) is 43.4 Å². The molecule has 98 valence electrons. The molecule has 0 aliphatic heterocycles. The van der Waals surface area contributed by atoms with Crippen molar-refractivity contribution in [2.24, 2.45) is 5.92 Å². The Balaban J connectivity index is 3.00. The van der Waals surface area contributed by atoms with Gasteiger partial charge in [0.15, 0.2) is 5.78 Å². The van der Waals surface area contributed by atoms with Gasteiger partial charge in [0.2, 0.25) is 0 Å². The molecule has 1 aromatic carbocycles. The predicted molar refractivity (Wildman–Crippen MR) is 70.8 cm³/mol. The van der Waals surface area contributed by atoms with E-state index in [1.165, 1.54) is 7.11 Å². The molecule has 0 amide bonds. The van der Waals surface area contributed by atoms with Crippen LogP contribution in [0, 0.1) is 26.7 Å². The second-order valence-corrected chi connectivity index (χ2v) is 4.82. The van der Waals surface area contributed by atoms with Gasteiger partial charge in [-0.1, -0.05) is 24.6 Å². The second-order valence-electron chi connectivity index (χ2n) is 4.82. The quantitative estimate of drug-likeness (QED) is 0.607. The molecule has 0 aliphatic carbocycles. The van der Waals surface area contributed by atoms with Gasteiger partial charge in [0.25, 0.3) is 0 Å². The van der Waals surface area contributed by atoms with Gasteiger partial charge < -0.3 is 4.74 Å². The average molecular weight is 248 g/mol. The molecule has 0 aliphatic rings. The van der Waals surface area contributed by atoms with Gasteiger partial charge in [0.05, 0.1) is 13.5 Å². The zero-order valence-corrected chi connectivity index (χ0v) is 11.7. The molecule has 1 aromatic rings. The molecule has 0 heterocycles. The number of methoxy groups -OCH3 is 1. The Morgan fingerprint density at radius 1 is 1.17 bits per heavy atom. The number of carbonyl (C=O) groups is 2. The lowest BCUT2D eigenvalue weighted by atomic mass is 9.89. The number of ether oxygens (including phenoxy) is 1. The summed E-state index contributed by atoms with van der Waals surface area (Å²) in [5.74, 6) is -0.689. The van der Waals surface area contributed by atoms with Gasteiger partial charge in [-0.15, -0.1) is 0 Å². The first-order valence-corrected chi connectivity index (χ1v) is 6.05. The maximum absolute atomic E-state index is 12.3. The van der Waals surface area contributed by atoms with Crippen LogP contribution < -0.4 is 0 Å². The molecule has 0 spiro atoms. The number of hydrogen-bond acceptors (Lipinski definition) is 3. The van der Waals surface area contributed by atoms with Gasteiger partial charge in [-0.25, -0.2) is 0 Å². The highest BCUT2D eigenvalue weighted by molar-refractivity contribution is 6.01. The Morgan fingerprint density at radius 2 is 1.67 bits per heavy atom. The average Bonchev–Trinajstić information content (AvgIpc) is 2.27. The predicted octanol–water partition coefficient (Wildman–Crippen LogP) is 2.99. The van der Waals surface area contributed by atoms with Crippen molar-refractivity contribution in [1.82, 2.24) is 0 Å². The highest BCUT2D eigenvalue weighted by atomic mass is 16.5. The number of benzene rings is 1. The van der Waals surface area contributed by atoms with E-state index in [9.17, 15) is 9.59 Å². The molecule has 0 radical (unpaired) electrons. The van der Waals surface area contributed by atoms with Crippen molar-refractivity contribution in [3.63, 3.8) is 0 Å². The summed E-state index contributed by atoms with van der Waals surface area (Å²) >= 11 is 0. The van der Waals surface area contributed by atoms with Crippen molar-refractivity contribution in [1.29, 1.82) is 0 Å². The van der Waals surface area contributed by atoms with E-state index >= 15 is 0 Å². The first-order valence-electron chi connectivity index (χ1n) is 6.05. The molecule has 1 unspecified atom stereocenters. The molecule has 3 nitrogen and oxygen atoms in total. The third kappa shape index (κ3) is 3.19. The molecule has 1 rings (SSSR count). The van der Waals surface area contributed by atoms with Crippen LogP contribution in [0.25, 0.3) is 0 Å². The summed E-state index contributed by atoms with van der Waals surface area (Å²) in [6, 6.07) is 3.98. The largest absolute Gasteiger partial charge is 0.469 e. The van der Waals surface area contributed by atoms with Gasteiger partial charge >= 0.3 is 5.97 Å². The van der Waals surface area contributed by atoms with E-state index in [-0.39, 0.29) is 24.1 Å². The van der Waals surface area contributed by atoms with Gasteiger partial charge in [0, 0.05) is 11.5 Å². The van der Waals surface area contributed by atoms with E-state index < -0.39 is 0 Å². The fourth-order valence-electron chi connectivity index (χ4n) is 2.24. The molecular weight excluding hydrogens is 228 g/mol. The monoisotopic (exact) mass is 248 g/mol. The van der Waals surface area contributed by atoms with Crippen LogP contribution in [0.15, 0.2) is 12.1 Å². The zero-order chi connectivity index (χ0) is 13.9. The van der Waals surface area contributed by atoms with Crippen LogP contribution in [0.4, 0.5) is 0 Å². The second kappa shape index (κ2) is 5.80. The van der Waals surface area contributed by atoms with E-state index in [1.54, 1.807) is 6.92 Å². The Hall–Kier alpha value is -1.64. The maximum Gasteiger partial charge on any atom is 0.306 e. The number of aryl methyl sites for hydroxylation is 3. The first kappa shape index (κ1) is 14.4. The van der Waals surface area contributed by atoms with Crippen molar-refractivity contribution >= 4 is 11.8 Å². The molecule has 0 fully saturated rings. The SMILES string of the molecule is COC(=O)CC(C)C(=O)c1c(C)cc(C)cc1C. The standard InChI is InChI=1S/C15H20O3/c1-9-6-10(2)14(11(3)7-9)15(17)12(4)8-13(16)18-5/h6-7,12H,8H2,1-5H3. The van der Waals surface area contributed by atoms with E-state index in [0.29, 0.717) is 0 Å². The van der Waals surface area contributed by atoms with Gasteiger partial charge in [-0.2, -0.15) is 0 Å². The van der Waals surface area contributed by atoms with Crippen molar-refractivity contribution in [3.8, 4) is 0 Å². The highest BCUT2D eigenvalue weighted by Crippen LogP contribution is 2.21. The zero-order valence-electron chi connectivity index (χ0n) is 11.7. The summed E-state index contributed by atoms with van der Waals surface area (Å²) in [4.78, 5) is 23.5. The molecule has 0 aromatic heterocycles. The summed E-state index contributed by atoms with van der Waals surface area (Å²) < 4.78 is 4.60. The summed E-state index contributed by atoms with van der Waals surface area (Å²) in [5.41, 5.74) is 3.81. The molecule has 18 heavy (non-hydrogen) atoms. The molecule has 1 atom stereocenters. The van der Waals surface area contributed by atoms with E-state index in [4.69, 9.17) is 0 Å². The smallest absolute Gasteiger partial charge is 0.306 e. The fraction of sp³-hybridized carbons (Fsp3) is 0.467. The summed E-state index contributed by atoms with van der Waals surface area (Å²) in [6.45, 7) is 7.63. The van der Waals surface area contributed by atoms with Gasteiger partial charge in [0.1, 0.15) is 0 Å². The minimum atomic E-state index is -0.349. The number of hydrogen-bond donors (Lipinski definition) is 0. The molecular formula is C15H20O3. The number of carbonyl (C=O) groups excluding carboxylic acids is 2. The molecule has 0 saturated heterocycles. The van der Waals surface area contributed by atoms with Crippen molar-refractivity contribution in [2.45, 2.75) is 34.1 Å². The third-order valence-electron chi connectivity index (χ3n) is 3.07. The minimum absolute atomic E-state index is 0.00963. The number of Topliss-reactive ketones (excluding diaryl/α,β-unsaturated/α-hetero) is 1. The first-order chi connectivity index (χ1) is 8.36. The molecule has 0 saturated carbocycles. The number of ketones is 1. The summed E-state index contributed by atoms with van der Waals surface area (Å²) in [5, 5.41) is 0. The lowest BCUT2D eigenvalue weighted by Crippen LogP contribution is -2.18. The minimum Gasteiger partial charge on any atom is -0.469 e. The molecule has 0 N–H and O–H groups in total. The Labute approximate surface area is 108 Å². The maximum atomic E-state index is 12.3. The lowest BCUT2D eigenvalue weighted by Gasteiger charge is -2.14. The summed E-state index contributed by atoms with van der Waals surface area (Å²) in [7, 11) is 1.34. The van der Waals surface area contributed by atoms with Crippen LogP contribution in [-0.4, -0.2) is 18.9 Å². The van der Waals surface area contributed by atoms with Crippen LogP contribution in [0.5, 0.6) is 0 Å². The van der Waals surface area contributed by atoms with Crippen LogP contribution in [-0.2, 0) is 9.53 Å². The Bertz CT molecular complexity index is 452. The van der Waals surface area contributed by atoms with Crippen molar-refractivity contribution in [3.05, 3.63) is 34.4 Å². The van der Waals surface area contributed by atoms with Crippen molar-refractivity contribution in [2.75, 3.05) is 7.11 Å². The molecule has 0 bridgehead atoms. The van der Waals surface area contributed by atoms with Gasteiger partial charge in [-0.05, 0) is 31.9 Å². The number of rotatable bonds is 4. The van der Waals surface area contributed by atoms with Gasteiger partial charge in [-0.3, -0.25) is 9.59 Å². The third-order valence-corrected chi connectivity index (χ3v) is 3.07. The Morgan fingerprint density at radius 3 is 2.11 bits per heavy atom. The van der Waals surface area contributed by atoms with Crippen LogP contribution in [0.1, 0.15) is 40.4 Å². The lowest BCUT2D eigenvalue weighted by molar-refractivity contribution is -0.141. The van der Waals surface area contributed by atoms with E-state index in [0.717, 1.165) is 22.3 Å². The highest BCUT2D eigenvalue weighted by Gasteiger charge is 2.22. The van der Waals surface area contributed by atoms with E-state index in [2.05, 4.69) is 4.74 Å². The van der Waals surface area contributed by atoms with Crippen LogP contribution >= 0.6 is 0 Å². The number of esters is 1. The normalized spacial score (nSPS) is 12.1. The fourth-order valence-corrected chi connectivity index (χ4v) is 2.24. The van der Waals surface area contributed by atoms with E-state index in [1.807, 2.05) is 32.9 Å². The molecule has 3 heteroatoms. The van der Waals surface area contributed by atoms with Crippen LogP contribution in [0.2, 0.25) is 0 Å².